The van der Waals surface area contributed by atoms with Gasteiger partial charge in [0.2, 0.25) is 0 Å². The Balaban J connectivity index is 1.99. The number of carbonyl (C=O) groups is 1. The zero-order valence-electron chi connectivity index (χ0n) is 14.9. The van der Waals surface area contributed by atoms with Crippen molar-refractivity contribution in [2.24, 2.45) is 0 Å². The molecule has 0 spiro atoms. The molecule has 0 radical (unpaired) electrons. The predicted octanol–water partition coefficient (Wildman–Crippen LogP) is 3.12. The van der Waals surface area contributed by atoms with Gasteiger partial charge in [-0.2, -0.15) is 0 Å². The molecule has 5 heteroatoms. The van der Waals surface area contributed by atoms with E-state index in [1.165, 1.54) is 5.56 Å². The minimum atomic E-state index is -0.0921. The number of anilines is 2. The largest absolute Gasteiger partial charge is 0.354 e. The quantitative estimate of drug-likeness (QED) is 0.768. The predicted molar refractivity (Wildman–Crippen MR) is 98.9 cm³/mol. The summed E-state index contributed by atoms with van der Waals surface area (Å²) >= 11 is 0. The van der Waals surface area contributed by atoms with Gasteiger partial charge in [0.05, 0.1) is 17.4 Å². The Morgan fingerprint density at radius 2 is 1.96 bits per heavy atom. The van der Waals surface area contributed by atoms with Crippen LogP contribution in [-0.2, 0) is 0 Å². The van der Waals surface area contributed by atoms with Gasteiger partial charge in [-0.15, -0.1) is 0 Å². The maximum absolute atomic E-state index is 12.2. The zero-order chi connectivity index (χ0) is 17.5. The van der Waals surface area contributed by atoms with Crippen LogP contribution in [0.4, 0.5) is 11.4 Å². The molecular weight excluding hydrogens is 300 g/mol. The molecule has 0 aliphatic carbocycles. The minimum Gasteiger partial charge on any atom is -0.354 e. The van der Waals surface area contributed by atoms with Gasteiger partial charge in [-0.25, -0.2) is 0 Å². The van der Waals surface area contributed by atoms with E-state index in [0.29, 0.717) is 12.1 Å². The third-order valence-electron chi connectivity index (χ3n) is 3.73. The van der Waals surface area contributed by atoms with E-state index in [0.717, 1.165) is 29.9 Å². The molecule has 2 rings (SSSR count). The number of pyridine rings is 1. The highest BCUT2D eigenvalue weighted by Crippen LogP contribution is 2.21. The summed E-state index contributed by atoms with van der Waals surface area (Å²) in [5.74, 6) is -0.0921. The summed E-state index contributed by atoms with van der Waals surface area (Å²) in [6.07, 6.45) is 4.24. The fourth-order valence-electron chi connectivity index (χ4n) is 2.44. The molecule has 0 unspecified atom stereocenters. The van der Waals surface area contributed by atoms with Crippen LogP contribution in [0.3, 0.4) is 0 Å². The fraction of sp³-hybridized carbons (Fsp3) is 0.368. The first kappa shape index (κ1) is 17.9. The lowest BCUT2D eigenvalue weighted by molar-refractivity contribution is 0.0952. The monoisotopic (exact) mass is 326 g/mol. The smallest absolute Gasteiger partial charge is 0.252 e. The van der Waals surface area contributed by atoms with E-state index in [1.54, 1.807) is 12.4 Å². The average molecular weight is 326 g/mol. The summed E-state index contributed by atoms with van der Waals surface area (Å²) in [5.41, 5.74) is 4.78. The normalized spacial score (nSPS) is 10.7. The molecule has 2 aromatic rings. The van der Waals surface area contributed by atoms with E-state index in [2.05, 4.69) is 46.5 Å². The number of amides is 1. The SMILES string of the molecule is Cc1ccc(Nc2cncc(C(=O)NCCCN(C)C)c2)c(C)c1. The van der Waals surface area contributed by atoms with Gasteiger partial charge < -0.3 is 15.5 Å². The van der Waals surface area contributed by atoms with Crippen LogP contribution >= 0.6 is 0 Å². The number of aryl methyl sites for hydroxylation is 2. The second kappa shape index (κ2) is 8.45. The van der Waals surface area contributed by atoms with Crippen molar-refractivity contribution in [3.8, 4) is 0 Å². The van der Waals surface area contributed by atoms with Crippen LogP contribution in [0.15, 0.2) is 36.7 Å². The van der Waals surface area contributed by atoms with Gasteiger partial charge in [0.25, 0.3) is 5.91 Å². The zero-order valence-corrected chi connectivity index (χ0v) is 14.9. The van der Waals surface area contributed by atoms with Gasteiger partial charge in [0.15, 0.2) is 0 Å². The van der Waals surface area contributed by atoms with Crippen molar-refractivity contribution in [1.82, 2.24) is 15.2 Å². The molecule has 0 bridgehead atoms. The average Bonchev–Trinajstić information content (AvgIpc) is 2.54. The summed E-state index contributed by atoms with van der Waals surface area (Å²) in [6.45, 7) is 5.74. The van der Waals surface area contributed by atoms with Crippen molar-refractivity contribution in [3.63, 3.8) is 0 Å². The minimum absolute atomic E-state index is 0.0921. The second-order valence-electron chi connectivity index (χ2n) is 6.32. The van der Waals surface area contributed by atoms with Gasteiger partial charge >= 0.3 is 0 Å². The summed E-state index contributed by atoms with van der Waals surface area (Å²) < 4.78 is 0. The number of hydrogen-bond acceptors (Lipinski definition) is 4. The Labute approximate surface area is 144 Å². The molecule has 1 aromatic carbocycles. The van der Waals surface area contributed by atoms with Crippen molar-refractivity contribution < 1.29 is 4.79 Å². The Hall–Kier alpha value is -2.40. The molecule has 0 aliphatic rings. The van der Waals surface area contributed by atoms with Crippen LogP contribution in [0.25, 0.3) is 0 Å². The number of hydrogen-bond donors (Lipinski definition) is 2. The number of rotatable bonds is 7. The molecule has 1 amide bonds. The van der Waals surface area contributed by atoms with E-state index in [4.69, 9.17) is 0 Å². The molecule has 1 heterocycles. The molecule has 24 heavy (non-hydrogen) atoms. The van der Waals surface area contributed by atoms with Crippen LogP contribution in [0, 0.1) is 13.8 Å². The van der Waals surface area contributed by atoms with Gasteiger partial charge in [-0.05, 0) is 58.6 Å². The van der Waals surface area contributed by atoms with Crippen LogP contribution in [0.5, 0.6) is 0 Å². The second-order valence-corrected chi connectivity index (χ2v) is 6.32. The van der Waals surface area contributed by atoms with E-state index in [-0.39, 0.29) is 5.91 Å². The third kappa shape index (κ3) is 5.35. The highest BCUT2D eigenvalue weighted by molar-refractivity contribution is 5.94. The molecule has 0 saturated carbocycles. The number of nitrogens with one attached hydrogen (secondary N) is 2. The van der Waals surface area contributed by atoms with E-state index >= 15 is 0 Å². The van der Waals surface area contributed by atoms with Crippen molar-refractivity contribution >= 4 is 17.3 Å². The number of aromatic nitrogens is 1. The Bertz CT molecular complexity index is 698. The van der Waals surface area contributed by atoms with E-state index in [9.17, 15) is 4.79 Å². The first-order valence-corrected chi connectivity index (χ1v) is 8.18. The molecule has 1 aromatic heterocycles. The lowest BCUT2D eigenvalue weighted by Crippen LogP contribution is -2.27. The van der Waals surface area contributed by atoms with Crippen molar-refractivity contribution in [2.75, 3.05) is 32.5 Å². The number of nitrogens with zero attached hydrogens (tertiary/aromatic N) is 2. The van der Waals surface area contributed by atoms with Crippen molar-refractivity contribution in [1.29, 1.82) is 0 Å². The Kier molecular flexibility index (Phi) is 6.32. The number of benzene rings is 1. The summed E-state index contributed by atoms with van der Waals surface area (Å²) in [5, 5.41) is 6.26. The van der Waals surface area contributed by atoms with E-state index < -0.39 is 0 Å². The first-order chi connectivity index (χ1) is 11.5. The van der Waals surface area contributed by atoms with Crippen molar-refractivity contribution in [3.05, 3.63) is 53.3 Å². The molecule has 0 atom stereocenters. The van der Waals surface area contributed by atoms with Crippen LogP contribution in [0.2, 0.25) is 0 Å². The molecule has 0 aliphatic heterocycles. The first-order valence-electron chi connectivity index (χ1n) is 8.18. The van der Waals surface area contributed by atoms with Crippen LogP contribution < -0.4 is 10.6 Å². The molecule has 5 nitrogen and oxygen atoms in total. The molecule has 128 valence electrons. The third-order valence-corrected chi connectivity index (χ3v) is 3.73. The molecular formula is C19H26N4O. The Morgan fingerprint density at radius 3 is 2.67 bits per heavy atom. The van der Waals surface area contributed by atoms with Gasteiger partial charge in [-0.3, -0.25) is 9.78 Å². The standard InChI is InChI=1S/C19H26N4O/c1-14-6-7-18(15(2)10-14)22-17-11-16(12-20-13-17)19(24)21-8-5-9-23(3)4/h6-7,10-13,22H,5,8-9H2,1-4H3,(H,21,24). The van der Waals surface area contributed by atoms with Crippen molar-refractivity contribution in [2.45, 2.75) is 20.3 Å². The van der Waals surface area contributed by atoms with Crippen LogP contribution in [-0.4, -0.2) is 43.0 Å². The summed E-state index contributed by atoms with van der Waals surface area (Å²) in [6, 6.07) is 8.05. The molecule has 0 fully saturated rings. The van der Waals surface area contributed by atoms with Gasteiger partial charge in [-0.1, -0.05) is 17.7 Å². The lowest BCUT2D eigenvalue weighted by atomic mass is 10.1. The summed E-state index contributed by atoms with van der Waals surface area (Å²) in [4.78, 5) is 18.5. The topological polar surface area (TPSA) is 57.3 Å². The van der Waals surface area contributed by atoms with Gasteiger partial charge in [0.1, 0.15) is 0 Å². The molecule has 0 saturated heterocycles. The Morgan fingerprint density at radius 1 is 1.17 bits per heavy atom. The van der Waals surface area contributed by atoms with Gasteiger partial charge in [0, 0.05) is 18.4 Å². The maximum Gasteiger partial charge on any atom is 0.252 e. The fourth-order valence-corrected chi connectivity index (χ4v) is 2.44. The highest BCUT2D eigenvalue weighted by atomic mass is 16.1. The lowest BCUT2D eigenvalue weighted by Gasteiger charge is -2.12. The van der Waals surface area contributed by atoms with Crippen LogP contribution in [0.1, 0.15) is 27.9 Å². The summed E-state index contributed by atoms with van der Waals surface area (Å²) in [7, 11) is 4.04. The highest BCUT2D eigenvalue weighted by Gasteiger charge is 2.07. The van der Waals surface area contributed by atoms with E-state index in [1.807, 2.05) is 26.2 Å². The number of carbonyl (C=O) groups excluding carboxylic acids is 1. The maximum atomic E-state index is 12.2. The molecule has 2 N–H and O–H groups in total.